The minimum Gasteiger partial charge on any atom is -0.493 e. The number of rotatable bonds is 3. The zero-order valence-electron chi connectivity index (χ0n) is 10.9. The third kappa shape index (κ3) is 3.08. The molecule has 20 heavy (non-hydrogen) atoms. The fraction of sp³-hybridized carbons (Fsp3) is 0.250. The first kappa shape index (κ1) is 14.1. The summed E-state index contributed by atoms with van der Waals surface area (Å²) >= 11 is 7.04. The van der Waals surface area contributed by atoms with Crippen molar-refractivity contribution < 1.29 is 4.74 Å². The van der Waals surface area contributed by atoms with Crippen LogP contribution in [0.2, 0.25) is 0 Å². The highest BCUT2D eigenvalue weighted by atomic mass is 79.9. The first-order chi connectivity index (χ1) is 9.74. The number of benzene rings is 2. The quantitative estimate of drug-likeness (QED) is 0.802. The first-order valence-corrected chi connectivity index (χ1v) is 8.21. The van der Waals surface area contributed by atoms with E-state index in [2.05, 4.69) is 67.5 Å². The van der Waals surface area contributed by atoms with E-state index >= 15 is 0 Å². The van der Waals surface area contributed by atoms with E-state index in [4.69, 9.17) is 4.74 Å². The van der Waals surface area contributed by atoms with Crippen molar-refractivity contribution in [3.63, 3.8) is 0 Å². The van der Waals surface area contributed by atoms with Crippen molar-refractivity contribution in [3.8, 4) is 5.75 Å². The highest BCUT2D eigenvalue weighted by Crippen LogP contribution is 2.32. The van der Waals surface area contributed by atoms with Gasteiger partial charge in [0.15, 0.2) is 0 Å². The van der Waals surface area contributed by atoms with E-state index in [1.165, 1.54) is 11.1 Å². The second kappa shape index (κ2) is 6.29. The molecule has 1 heterocycles. The van der Waals surface area contributed by atoms with Gasteiger partial charge in [-0.15, -0.1) is 0 Å². The molecule has 2 nitrogen and oxygen atoms in total. The highest BCUT2D eigenvalue weighted by molar-refractivity contribution is 9.13. The SMILES string of the molecule is Brc1ccc(CNC2CCOc3ccccc32)cc1Br. The van der Waals surface area contributed by atoms with Crippen molar-refractivity contribution in [1.29, 1.82) is 0 Å². The highest BCUT2D eigenvalue weighted by Gasteiger charge is 2.20. The third-order valence-corrected chi connectivity index (χ3v) is 5.37. The lowest BCUT2D eigenvalue weighted by Gasteiger charge is -2.26. The Morgan fingerprint density at radius 2 is 1.95 bits per heavy atom. The molecule has 1 aliphatic heterocycles. The summed E-state index contributed by atoms with van der Waals surface area (Å²) in [6.07, 6.45) is 1.01. The zero-order valence-corrected chi connectivity index (χ0v) is 14.1. The van der Waals surface area contributed by atoms with E-state index < -0.39 is 0 Å². The van der Waals surface area contributed by atoms with E-state index in [-0.39, 0.29) is 0 Å². The van der Waals surface area contributed by atoms with Gasteiger partial charge in [0.25, 0.3) is 0 Å². The Bertz CT molecular complexity index is 615. The van der Waals surface area contributed by atoms with Gasteiger partial charge in [-0.3, -0.25) is 0 Å². The predicted octanol–water partition coefficient (Wildman–Crippen LogP) is 4.83. The van der Waals surface area contributed by atoms with E-state index in [1.807, 2.05) is 12.1 Å². The van der Waals surface area contributed by atoms with Crippen molar-refractivity contribution in [2.45, 2.75) is 19.0 Å². The summed E-state index contributed by atoms with van der Waals surface area (Å²) < 4.78 is 7.86. The van der Waals surface area contributed by atoms with Gasteiger partial charge in [0.2, 0.25) is 0 Å². The molecule has 0 fully saturated rings. The Labute approximate surface area is 135 Å². The molecular formula is C16H15Br2NO. The molecule has 1 N–H and O–H groups in total. The molecule has 104 valence electrons. The van der Waals surface area contributed by atoms with Gasteiger partial charge < -0.3 is 10.1 Å². The second-order valence-electron chi connectivity index (χ2n) is 4.86. The minimum atomic E-state index is 0.363. The van der Waals surface area contributed by atoms with Crippen LogP contribution < -0.4 is 10.1 Å². The second-order valence-corrected chi connectivity index (χ2v) is 6.57. The van der Waals surface area contributed by atoms with Gasteiger partial charge in [-0.2, -0.15) is 0 Å². The molecule has 1 atom stereocenters. The van der Waals surface area contributed by atoms with Crippen LogP contribution in [0.25, 0.3) is 0 Å². The first-order valence-electron chi connectivity index (χ1n) is 6.63. The fourth-order valence-electron chi connectivity index (χ4n) is 2.44. The molecule has 2 aromatic carbocycles. The van der Waals surface area contributed by atoms with Crippen molar-refractivity contribution in [3.05, 3.63) is 62.5 Å². The lowest BCUT2D eigenvalue weighted by Crippen LogP contribution is -2.26. The number of para-hydroxylation sites is 1. The molecule has 2 aromatic rings. The third-order valence-electron chi connectivity index (χ3n) is 3.50. The van der Waals surface area contributed by atoms with Crippen LogP contribution in [0.3, 0.4) is 0 Å². The average molecular weight is 397 g/mol. The van der Waals surface area contributed by atoms with Crippen LogP contribution in [0, 0.1) is 0 Å². The average Bonchev–Trinajstić information content (AvgIpc) is 2.48. The molecule has 0 amide bonds. The van der Waals surface area contributed by atoms with Gasteiger partial charge in [-0.1, -0.05) is 24.3 Å². The van der Waals surface area contributed by atoms with Crippen LogP contribution in [-0.4, -0.2) is 6.61 Å². The van der Waals surface area contributed by atoms with Crippen LogP contribution in [0.15, 0.2) is 51.4 Å². The van der Waals surface area contributed by atoms with Gasteiger partial charge in [0.1, 0.15) is 5.75 Å². The molecule has 0 aromatic heterocycles. The Hall–Kier alpha value is -0.840. The van der Waals surface area contributed by atoms with Crippen molar-refractivity contribution >= 4 is 31.9 Å². The molecule has 0 spiro atoms. The summed E-state index contributed by atoms with van der Waals surface area (Å²) in [5.41, 5.74) is 2.53. The molecule has 0 aliphatic carbocycles. The Kier molecular flexibility index (Phi) is 4.44. The Balaban J connectivity index is 1.71. The molecular weight excluding hydrogens is 382 g/mol. The maximum Gasteiger partial charge on any atom is 0.124 e. The van der Waals surface area contributed by atoms with Crippen molar-refractivity contribution in [2.24, 2.45) is 0 Å². The Morgan fingerprint density at radius 1 is 1.10 bits per heavy atom. The largest absolute Gasteiger partial charge is 0.493 e. The van der Waals surface area contributed by atoms with Crippen molar-refractivity contribution in [2.75, 3.05) is 6.61 Å². The molecule has 3 rings (SSSR count). The summed E-state index contributed by atoms with van der Waals surface area (Å²) in [4.78, 5) is 0. The number of hydrogen-bond acceptors (Lipinski definition) is 2. The molecule has 0 saturated heterocycles. The van der Waals surface area contributed by atoms with Crippen LogP contribution in [0.1, 0.15) is 23.6 Å². The number of fused-ring (bicyclic) bond motifs is 1. The number of nitrogens with one attached hydrogen (secondary N) is 1. The lowest BCUT2D eigenvalue weighted by atomic mass is 10.0. The number of ether oxygens (including phenoxy) is 1. The predicted molar refractivity (Wildman–Crippen MR) is 88.0 cm³/mol. The van der Waals surface area contributed by atoms with Crippen molar-refractivity contribution in [1.82, 2.24) is 5.32 Å². The van der Waals surface area contributed by atoms with Crippen LogP contribution >= 0.6 is 31.9 Å². The summed E-state index contributed by atoms with van der Waals surface area (Å²) in [6, 6.07) is 15.0. The normalized spacial score (nSPS) is 17.4. The maximum absolute atomic E-state index is 5.69. The van der Waals surface area contributed by atoms with E-state index in [1.54, 1.807) is 0 Å². The zero-order chi connectivity index (χ0) is 13.9. The van der Waals surface area contributed by atoms with Gasteiger partial charge >= 0.3 is 0 Å². The summed E-state index contributed by atoms with van der Waals surface area (Å²) in [5.74, 6) is 1.01. The van der Waals surface area contributed by atoms with E-state index in [0.29, 0.717) is 6.04 Å². The number of halogens is 2. The monoisotopic (exact) mass is 395 g/mol. The van der Waals surface area contributed by atoms with Gasteiger partial charge in [-0.25, -0.2) is 0 Å². The molecule has 0 saturated carbocycles. The topological polar surface area (TPSA) is 21.3 Å². The summed E-state index contributed by atoms with van der Waals surface area (Å²) in [6.45, 7) is 1.63. The minimum absolute atomic E-state index is 0.363. The molecule has 1 aliphatic rings. The van der Waals surface area contributed by atoms with Crippen LogP contribution in [0.4, 0.5) is 0 Å². The molecule has 0 radical (unpaired) electrons. The van der Waals surface area contributed by atoms with Gasteiger partial charge in [-0.05, 0) is 55.6 Å². The molecule has 0 bridgehead atoms. The fourth-order valence-corrected chi connectivity index (χ4v) is 3.12. The summed E-state index contributed by atoms with van der Waals surface area (Å²) in [5, 5.41) is 3.62. The lowest BCUT2D eigenvalue weighted by molar-refractivity contribution is 0.252. The van der Waals surface area contributed by atoms with Gasteiger partial charge in [0, 0.05) is 33.5 Å². The van der Waals surface area contributed by atoms with E-state index in [9.17, 15) is 0 Å². The number of hydrogen-bond donors (Lipinski definition) is 1. The molecule has 1 unspecified atom stereocenters. The van der Waals surface area contributed by atoms with Gasteiger partial charge in [0.05, 0.1) is 6.61 Å². The standard InChI is InChI=1S/C16H15Br2NO/c17-13-6-5-11(9-14(13)18)10-19-15-7-8-20-16-4-2-1-3-12(15)16/h1-6,9,15,19H,7-8,10H2. The summed E-state index contributed by atoms with van der Waals surface area (Å²) in [7, 11) is 0. The van der Waals surface area contributed by atoms with Crippen LogP contribution in [-0.2, 0) is 6.54 Å². The Morgan fingerprint density at radius 3 is 2.80 bits per heavy atom. The van der Waals surface area contributed by atoms with Crippen LogP contribution in [0.5, 0.6) is 5.75 Å². The smallest absolute Gasteiger partial charge is 0.124 e. The maximum atomic E-state index is 5.69. The molecule has 4 heteroatoms. The van der Waals surface area contributed by atoms with E-state index in [0.717, 1.165) is 34.3 Å².